The largest absolute Gasteiger partial charge is 0.381 e. The minimum Gasteiger partial charge on any atom is -0.381 e. The van der Waals surface area contributed by atoms with Gasteiger partial charge in [-0.05, 0) is 0 Å². The Kier molecular flexibility index (Phi) is 2.47. The van der Waals surface area contributed by atoms with Crippen molar-refractivity contribution < 1.29 is 4.79 Å². The van der Waals surface area contributed by atoms with Gasteiger partial charge in [-0.1, -0.05) is 0 Å². The Bertz CT molecular complexity index is 138. The normalized spacial score (nSPS) is 10.9. The summed E-state index contributed by atoms with van der Waals surface area (Å²) in [5, 5.41) is 6.38. The molecule has 0 rings (SSSR count). The van der Waals surface area contributed by atoms with Crippen LogP contribution < -0.4 is 5.73 Å². The third-order valence-corrected chi connectivity index (χ3v) is 0.564. The van der Waals surface area contributed by atoms with Gasteiger partial charge in [0.2, 0.25) is 0 Å². The summed E-state index contributed by atoms with van der Waals surface area (Å²) in [5.74, 6) is -0.437. The Balaban J connectivity index is 3.99. The Hall–Kier alpha value is -1.19. The maximum Gasteiger partial charge on any atom is 0.194 e. The lowest BCUT2D eigenvalue weighted by atomic mass is 10.4. The van der Waals surface area contributed by atoms with Gasteiger partial charge in [0.05, 0.1) is 0 Å². The van der Waals surface area contributed by atoms with E-state index in [1.165, 1.54) is 6.92 Å². The summed E-state index contributed by atoms with van der Waals surface area (Å²) in [7, 11) is 0. The third-order valence-electron chi connectivity index (χ3n) is 0.564. The number of Topliss-reactive ketones (excluding diaryl/α,β-unsaturated/α-hetero) is 1. The molecule has 4 nitrogen and oxygen atoms in total. The predicted molar refractivity (Wildman–Crippen MR) is 31.1 cm³/mol. The lowest BCUT2D eigenvalue weighted by Crippen LogP contribution is -2.20. The number of nitrogens with zero attached hydrogens (tertiary/aromatic N) is 1. The second-order valence-corrected chi connectivity index (χ2v) is 1.20. The van der Waals surface area contributed by atoms with E-state index >= 15 is 0 Å². The van der Waals surface area contributed by atoms with Gasteiger partial charge in [-0.2, -0.15) is 0 Å². The number of amidine groups is 1. The van der Waals surface area contributed by atoms with E-state index in [4.69, 9.17) is 11.1 Å². The second-order valence-electron chi connectivity index (χ2n) is 1.20. The smallest absolute Gasteiger partial charge is 0.194 e. The van der Waals surface area contributed by atoms with Crippen molar-refractivity contribution in [3.63, 3.8) is 0 Å². The van der Waals surface area contributed by atoms with Gasteiger partial charge in [-0.15, -0.1) is 0 Å². The number of hydrogen-bond acceptors (Lipinski definition) is 2. The fourth-order valence-corrected chi connectivity index (χ4v) is 0.160. The molecule has 0 bridgehead atoms. The molecule has 0 saturated carbocycles. The van der Waals surface area contributed by atoms with Crippen LogP contribution in [0.4, 0.5) is 0 Å². The number of carbonyl (C=O) groups is 1. The Morgan fingerprint density at radius 2 is 2.38 bits per heavy atom. The molecule has 0 fully saturated rings. The van der Waals surface area contributed by atoms with E-state index in [-0.39, 0.29) is 11.6 Å². The molecule has 8 heavy (non-hydrogen) atoms. The van der Waals surface area contributed by atoms with Crippen molar-refractivity contribution >= 4 is 18.0 Å². The predicted octanol–water partition coefficient (Wildman–Crippen LogP) is -0.460. The van der Waals surface area contributed by atoms with Gasteiger partial charge in [-0.25, -0.2) is 4.99 Å². The van der Waals surface area contributed by atoms with Crippen LogP contribution in [0.25, 0.3) is 0 Å². The van der Waals surface area contributed by atoms with Crippen molar-refractivity contribution in [3.05, 3.63) is 0 Å². The molecule has 4 heteroatoms. The number of carbonyl (C=O) groups excluding carboxylic acids is 1. The number of nitrogens with one attached hydrogen (secondary N) is 1. The first-order chi connectivity index (χ1) is 3.68. The molecule has 0 aromatic rings. The highest BCUT2D eigenvalue weighted by molar-refractivity contribution is 6.38. The number of rotatable bonds is 2. The molecule has 0 aromatic heterocycles. The van der Waals surface area contributed by atoms with Crippen LogP contribution >= 0.6 is 0 Å². The topological polar surface area (TPSA) is 79.3 Å². The molecule has 0 aliphatic heterocycles. The van der Waals surface area contributed by atoms with E-state index in [2.05, 4.69) is 4.99 Å². The summed E-state index contributed by atoms with van der Waals surface area (Å²) in [6.07, 6.45) is 0.733. The van der Waals surface area contributed by atoms with Crippen molar-refractivity contribution in [1.29, 1.82) is 5.41 Å². The Morgan fingerprint density at radius 3 is 2.50 bits per heavy atom. The first-order valence-corrected chi connectivity index (χ1v) is 2.01. The van der Waals surface area contributed by atoms with E-state index in [0.717, 1.165) is 6.34 Å². The molecule has 0 saturated heterocycles. The summed E-state index contributed by atoms with van der Waals surface area (Å²) in [4.78, 5) is 13.4. The summed E-state index contributed by atoms with van der Waals surface area (Å²) < 4.78 is 0. The molecule has 0 spiro atoms. The molecule has 0 unspecified atom stereocenters. The first-order valence-electron chi connectivity index (χ1n) is 2.01. The van der Waals surface area contributed by atoms with Crippen LogP contribution in [0.1, 0.15) is 6.92 Å². The van der Waals surface area contributed by atoms with Crippen LogP contribution in [0.15, 0.2) is 4.99 Å². The van der Waals surface area contributed by atoms with E-state index in [9.17, 15) is 4.79 Å². The molecule has 0 radical (unpaired) electrons. The van der Waals surface area contributed by atoms with Gasteiger partial charge >= 0.3 is 0 Å². The zero-order valence-electron chi connectivity index (χ0n) is 4.51. The highest BCUT2D eigenvalue weighted by Gasteiger charge is 1.94. The molecule has 0 heterocycles. The number of nitrogens with two attached hydrogens (primary N) is 1. The zero-order chi connectivity index (χ0) is 6.57. The molecule has 0 amide bonds. The van der Waals surface area contributed by atoms with Gasteiger partial charge in [0.15, 0.2) is 11.6 Å². The van der Waals surface area contributed by atoms with Crippen LogP contribution in [-0.4, -0.2) is 18.0 Å². The van der Waals surface area contributed by atoms with Crippen molar-refractivity contribution in [1.82, 2.24) is 0 Å². The molecule has 0 aliphatic carbocycles. The van der Waals surface area contributed by atoms with Crippen molar-refractivity contribution in [2.75, 3.05) is 0 Å². The van der Waals surface area contributed by atoms with Crippen LogP contribution in [0.2, 0.25) is 0 Å². The summed E-state index contributed by atoms with van der Waals surface area (Å²) >= 11 is 0. The highest BCUT2D eigenvalue weighted by Crippen LogP contribution is 1.67. The highest BCUT2D eigenvalue weighted by atomic mass is 16.1. The maximum absolute atomic E-state index is 10.2. The standard InChI is InChI=1S/C4H7N3O/c1-3(8)4(6)7-2-5/h2H,1H3,(H3,5,6,7). The second kappa shape index (κ2) is 2.90. The van der Waals surface area contributed by atoms with Crippen LogP contribution in [0, 0.1) is 5.41 Å². The van der Waals surface area contributed by atoms with Crippen molar-refractivity contribution in [2.24, 2.45) is 10.7 Å². The average molecular weight is 113 g/mol. The maximum atomic E-state index is 10.2. The Labute approximate surface area is 46.9 Å². The van der Waals surface area contributed by atoms with Crippen LogP contribution in [-0.2, 0) is 4.79 Å². The SMILES string of the molecule is CC(=O)C(N)=NC=N. The van der Waals surface area contributed by atoms with E-state index in [1.807, 2.05) is 0 Å². The van der Waals surface area contributed by atoms with Crippen LogP contribution in [0.5, 0.6) is 0 Å². The zero-order valence-corrected chi connectivity index (χ0v) is 4.51. The summed E-state index contributed by atoms with van der Waals surface area (Å²) in [6, 6.07) is 0. The summed E-state index contributed by atoms with van der Waals surface area (Å²) in [5.41, 5.74) is 4.98. The van der Waals surface area contributed by atoms with Crippen molar-refractivity contribution in [3.8, 4) is 0 Å². The van der Waals surface area contributed by atoms with E-state index in [1.54, 1.807) is 0 Å². The van der Waals surface area contributed by atoms with Gasteiger partial charge in [0, 0.05) is 6.92 Å². The minimum atomic E-state index is -0.312. The van der Waals surface area contributed by atoms with E-state index < -0.39 is 0 Å². The molecule has 44 valence electrons. The van der Waals surface area contributed by atoms with Gasteiger partial charge in [0.1, 0.15) is 6.34 Å². The minimum absolute atomic E-state index is 0.125. The number of hydrogen-bond donors (Lipinski definition) is 2. The first kappa shape index (κ1) is 6.81. The molecule has 3 N–H and O–H groups in total. The van der Waals surface area contributed by atoms with Crippen molar-refractivity contribution in [2.45, 2.75) is 6.92 Å². The molecular weight excluding hydrogens is 106 g/mol. The van der Waals surface area contributed by atoms with E-state index in [0.29, 0.717) is 0 Å². The fourth-order valence-electron chi connectivity index (χ4n) is 0.160. The lowest BCUT2D eigenvalue weighted by molar-refractivity contribution is -0.111. The number of aliphatic imine (C=N–C) groups is 1. The van der Waals surface area contributed by atoms with Crippen LogP contribution in [0.3, 0.4) is 0 Å². The Morgan fingerprint density at radius 1 is 1.88 bits per heavy atom. The average Bonchev–Trinajstić information content (AvgIpc) is 1.67. The number of ketones is 1. The summed E-state index contributed by atoms with van der Waals surface area (Å²) in [6.45, 7) is 1.29. The fraction of sp³-hybridized carbons (Fsp3) is 0.250. The lowest BCUT2D eigenvalue weighted by Gasteiger charge is -1.85. The quantitative estimate of drug-likeness (QED) is 0.375. The molecular formula is C4H7N3O. The van der Waals surface area contributed by atoms with Gasteiger partial charge in [-0.3, -0.25) is 10.2 Å². The van der Waals surface area contributed by atoms with Gasteiger partial charge in [0.25, 0.3) is 0 Å². The molecule has 0 atom stereocenters. The van der Waals surface area contributed by atoms with Gasteiger partial charge < -0.3 is 5.73 Å². The monoisotopic (exact) mass is 113 g/mol. The molecule has 0 aliphatic rings. The molecule has 0 aromatic carbocycles. The third kappa shape index (κ3) is 2.07.